The van der Waals surface area contributed by atoms with Crippen LogP contribution in [0.4, 0.5) is 5.69 Å². The second kappa shape index (κ2) is 7.87. The van der Waals surface area contributed by atoms with E-state index in [0.717, 1.165) is 19.3 Å². The van der Waals surface area contributed by atoms with Crippen molar-refractivity contribution in [2.75, 3.05) is 19.4 Å². The molecule has 0 heterocycles. The van der Waals surface area contributed by atoms with Crippen LogP contribution in [-0.4, -0.2) is 42.3 Å². The maximum Gasteiger partial charge on any atom is 0.254 e. The number of nitrogens with one attached hydrogen (secondary N) is 2. The Morgan fingerprint density at radius 1 is 1.12 bits per heavy atom. The van der Waals surface area contributed by atoms with E-state index in [4.69, 9.17) is 11.6 Å². The molecule has 0 saturated heterocycles. The van der Waals surface area contributed by atoms with E-state index < -0.39 is 5.54 Å². The van der Waals surface area contributed by atoms with Gasteiger partial charge in [0.1, 0.15) is 5.54 Å². The van der Waals surface area contributed by atoms with Crippen LogP contribution in [0.25, 0.3) is 0 Å². The summed E-state index contributed by atoms with van der Waals surface area (Å²) in [5.74, 6) is -0.669. The largest absolute Gasteiger partial charge is 0.345 e. The molecule has 136 valence electrons. The first-order chi connectivity index (χ1) is 11.7. The number of benzene rings is 1. The molecule has 1 fully saturated rings. The van der Waals surface area contributed by atoms with Crippen LogP contribution in [0.3, 0.4) is 0 Å². The topological polar surface area (TPSA) is 78.5 Å². The maximum absolute atomic E-state index is 12.8. The van der Waals surface area contributed by atoms with Gasteiger partial charge >= 0.3 is 0 Å². The van der Waals surface area contributed by atoms with Gasteiger partial charge in [0.15, 0.2) is 0 Å². The van der Waals surface area contributed by atoms with Gasteiger partial charge in [-0.25, -0.2) is 0 Å². The van der Waals surface area contributed by atoms with E-state index in [0.29, 0.717) is 24.1 Å². The molecule has 0 atom stereocenters. The highest BCUT2D eigenvalue weighted by molar-refractivity contribution is 6.34. The average molecular weight is 366 g/mol. The smallest absolute Gasteiger partial charge is 0.254 e. The van der Waals surface area contributed by atoms with Gasteiger partial charge < -0.3 is 15.5 Å². The molecule has 6 nitrogen and oxygen atoms in total. The second-order valence-corrected chi connectivity index (χ2v) is 7.08. The molecular weight excluding hydrogens is 342 g/mol. The first-order valence-corrected chi connectivity index (χ1v) is 8.74. The van der Waals surface area contributed by atoms with Crippen LogP contribution >= 0.6 is 11.6 Å². The minimum Gasteiger partial charge on any atom is -0.345 e. The van der Waals surface area contributed by atoms with Crippen molar-refractivity contribution in [1.29, 1.82) is 0 Å². The third-order valence-electron chi connectivity index (χ3n) is 4.42. The van der Waals surface area contributed by atoms with Crippen molar-refractivity contribution in [1.82, 2.24) is 10.2 Å². The van der Waals surface area contributed by atoms with E-state index in [9.17, 15) is 14.4 Å². The van der Waals surface area contributed by atoms with Crippen molar-refractivity contribution in [3.05, 3.63) is 28.8 Å². The van der Waals surface area contributed by atoms with Crippen LogP contribution in [0.15, 0.2) is 18.2 Å². The predicted molar refractivity (Wildman–Crippen MR) is 97.7 cm³/mol. The van der Waals surface area contributed by atoms with Crippen molar-refractivity contribution < 1.29 is 14.4 Å². The molecule has 7 heteroatoms. The molecule has 25 heavy (non-hydrogen) atoms. The zero-order valence-electron chi connectivity index (χ0n) is 14.8. The number of hydrogen-bond donors (Lipinski definition) is 2. The summed E-state index contributed by atoms with van der Waals surface area (Å²) in [4.78, 5) is 37.8. The fraction of sp³-hybridized carbons (Fsp3) is 0.500. The van der Waals surface area contributed by atoms with Gasteiger partial charge in [-0.05, 0) is 31.0 Å². The first kappa shape index (κ1) is 19.2. The predicted octanol–water partition coefficient (Wildman–Crippen LogP) is 2.82. The average Bonchev–Trinajstić information content (AvgIpc) is 2.54. The van der Waals surface area contributed by atoms with Gasteiger partial charge in [-0.1, -0.05) is 30.9 Å². The lowest BCUT2D eigenvalue weighted by molar-refractivity contribution is -0.130. The standard InChI is InChI=1S/C18H24ClN3O3/c1-12(23)21-18(9-5-4-6-10-18)17(25)20-13-7-8-14(15(19)11-13)16(24)22(2)3/h7-8,11H,4-6,9-10H2,1-3H3,(H,20,25)(H,21,23). The van der Waals surface area contributed by atoms with Crippen molar-refractivity contribution in [3.63, 3.8) is 0 Å². The Balaban J connectivity index is 2.19. The van der Waals surface area contributed by atoms with Crippen molar-refractivity contribution in [2.45, 2.75) is 44.6 Å². The molecule has 1 aliphatic carbocycles. The fourth-order valence-electron chi connectivity index (χ4n) is 3.16. The Morgan fingerprint density at radius 3 is 2.28 bits per heavy atom. The van der Waals surface area contributed by atoms with E-state index in [1.54, 1.807) is 32.3 Å². The number of anilines is 1. The van der Waals surface area contributed by atoms with E-state index in [1.165, 1.54) is 11.8 Å². The highest BCUT2D eigenvalue weighted by atomic mass is 35.5. The molecule has 0 unspecified atom stereocenters. The maximum atomic E-state index is 12.8. The van der Waals surface area contributed by atoms with Crippen LogP contribution in [0, 0.1) is 0 Å². The second-order valence-electron chi connectivity index (χ2n) is 6.67. The molecule has 3 amide bonds. The summed E-state index contributed by atoms with van der Waals surface area (Å²) < 4.78 is 0. The Kier molecular flexibility index (Phi) is 6.06. The molecule has 0 spiro atoms. The Bertz CT molecular complexity index is 682. The Hall–Kier alpha value is -2.08. The lowest BCUT2D eigenvalue weighted by atomic mass is 9.80. The highest BCUT2D eigenvalue weighted by Crippen LogP contribution is 2.30. The Morgan fingerprint density at radius 2 is 1.76 bits per heavy atom. The van der Waals surface area contributed by atoms with Crippen molar-refractivity contribution in [2.24, 2.45) is 0 Å². The molecule has 1 aromatic carbocycles. The summed E-state index contributed by atoms with van der Waals surface area (Å²) in [5, 5.41) is 5.93. The molecule has 0 aliphatic heterocycles. The number of amides is 3. The monoisotopic (exact) mass is 365 g/mol. The van der Waals surface area contributed by atoms with Gasteiger partial charge in [0.2, 0.25) is 11.8 Å². The SMILES string of the molecule is CC(=O)NC1(C(=O)Nc2ccc(C(=O)N(C)C)c(Cl)c2)CCCCC1. The van der Waals surface area contributed by atoms with Crippen LogP contribution in [0.5, 0.6) is 0 Å². The van der Waals surface area contributed by atoms with E-state index in [2.05, 4.69) is 10.6 Å². The molecular formula is C18H24ClN3O3. The lowest BCUT2D eigenvalue weighted by Gasteiger charge is -2.36. The minimum atomic E-state index is -0.880. The zero-order chi connectivity index (χ0) is 18.6. The van der Waals surface area contributed by atoms with Crippen molar-refractivity contribution >= 4 is 35.0 Å². The van der Waals surface area contributed by atoms with E-state index in [-0.39, 0.29) is 22.7 Å². The van der Waals surface area contributed by atoms with Crippen LogP contribution in [-0.2, 0) is 9.59 Å². The number of rotatable bonds is 4. The van der Waals surface area contributed by atoms with Crippen LogP contribution in [0.1, 0.15) is 49.4 Å². The summed E-state index contributed by atoms with van der Waals surface area (Å²) in [7, 11) is 3.29. The lowest BCUT2D eigenvalue weighted by Crippen LogP contribution is -2.57. The zero-order valence-corrected chi connectivity index (χ0v) is 15.6. The third-order valence-corrected chi connectivity index (χ3v) is 4.73. The van der Waals surface area contributed by atoms with Gasteiger partial charge in [-0.15, -0.1) is 0 Å². The van der Waals surface area contributed by atoms with Crippen molar-refractivity contribution in [3.8, 4) is 0 Å². The molecule has 1 aromatic rings. The number of halogens is 1. The summed E-state index contributed by atoms with van der Waals surface area (Å²) >= 11 is 6.19. The molecule has 1 aliphatic rings. The van der Waals surface area contributed by atoms with Gasteiger partial charge in [0.25, 0.3) is 5.91 Å². The van der Waals surface area contributed by atoms with Gasteiger partial charge in [0.05, 0.1) is 10.6 Å². The number of carbonyl (C=O) groups is 3. The summed E-state index contributed by atoms with van der Waals surface area (Å²) in [6, 6.07) is 4.79. The summed E-state index contributed by atoms with van der Waals surface area (Å²) in [6.45, 7) is 1.42. The third kappa shape index (κ3) is 4.51. The van der Waals surface area contributed by atoms with Gasteiger partial charge in [-0.3, -0.25) is 14.4 Å². The van der Waals surface area contributed by atoms with E-state index >= 15 is 0 Å². The minimum absolute atomic E-state index is 0.204. The first-order valence-electron chi connectivity index (χ1n) is 8.36. The summed E-state index contributed by atoms with van der Waals surface area (Å²) in [6.07, 6.45) is 4.07. The number of hydrogen-bond acceptors (Lipinski definition) is 3. The van der Waals surface area contributed by atoms with Gasteiger partial charge in [-0.2, -0.15) is 0 Å². The normalized spacial score (nSPS) is 16.0. The van der Waals surface area contributed by atoms with Gasteiger partial charge in [0, 0.05) is 26.7 Å². The quantitative estimate of drug-likeness (QED) is 0.861. The molecule has 2 N–H and O–H groups in total. The molecule has 2 rings (SSSR count). The number of nitrogens with zero attached hydrogens (tertiary/aromatic N) is 1. The Labute approximate surface area is 152 Å². The molecule has 1 saturated carbocycles. The summed E-state index contributed by atoms with van der Waals surface area (Å²) in [5.41, 5.74) is -0.00572. The van der Waals surface area contributed by atoms with E-state index in [1.807, 2.05) is 0 Å². The van der Waals surface area contributed by atoms with Crippen LogP contribution < -0.4 is 10.6 Å². The molecule has 0 radical (unpaired) electrons. The van der Waals surface area contributed by atoms with Crippen LogP contribution in [0.2, 0.25) is 5.02 Å². The number of carbonyl (C=O) groups excluding carboxylic acids is 3. The highest BCUT2D eigenvalue weighted by Gasteiger charge is 2.40. The molecule has 0 bridgehead atoms. The molecule has 0 aromatic heterocycles. The fourth-order valence-corrected chi connectivity index (χ4v) is 3.42.